The van der Waals surface area contributed by atoms with Crippen LogP contribution in [0.3, 0.4) is 0 Å². The summed E-state index contributed by atoms with van der Waals surface area (Å²) in [5, 5.41) is 0.865. The second-order valence-corrected chi connectivity index (χ2v) is 7.10. The van der Waals surface area contributed by atoms with Gasteiger partial charge in [-0.2, -0.15) is 0 Å². The predicted molar refractivity (Wildman–Crippen MR) is 95.0 cm³/mol. The first-order valence-electron chi connectivity index (χ1n) is 7.59. The summed E-state index contributed by atoms with van der Waals surface area (Å²) in [5.41, 5.74) is 0.518. The van der Waals surface area contributed by atoms with Gasteiger partial charge in [0.2, 0.25) is 0 Å². The fourth-order valence-corrected chi connectivity index (χ4v) is 2.73. The molecular weight excluding hydrogens is 319 g/mol. The molecule has 0 radical (unpaired) electrons. The first-order chi connectivity index (χ1) is 10.2. The van der Waals surface area contributed by atoms with Crippen LogP contribution in [0.4, 0.5) is 0 Å². The summed E-state index contributed by atoms with van der Waals surface area (Å²) >= 11 is 11.9. The van der Waals surface area contributed by atoms with Crippen LogP contribution in [0.15, 0.2) is 18.2 Å². The van der Waals surface area contributed by atoms with E-state index >= 15 is 0 Å². The quantitative estimate of drug-likeness (QED) is 0.722. The van der Waals surface area contributed by atoms with E-state index in [1.807, 2.05) is 7.05 Å². The van der Waals surface area contributed by atoms with Crippen molar-refractivity contribution in [3.63, 3.8) is 0 Å². The number of likely N-dealkylation sites (N-methyl/N-ethyl adjacent to an activating group) is 2. The Morgan fingerprint density at radius 1 is 1.18 bits per heavy atom. The fourth-order valence-electron chi connectivity index (χ4n) is 2.43. The number of rotatable bonds is 7. The Morgan fingerprint density at radius 3 is 2.32 bits per heavy atom. The molecule has 1 atom stereocenters. The molecular formula is C17H26Cl2N2O. The number of amides is 1. The molecule has 0 aromatic heterocycles. The van der Waals surface area contributed by atoms with Gasteiger partial charge in [-0.05, 0) is 45.6 Å². The fraction of sp³-hybridized carbons (Fsp3) is 0.588. The van der Waals surface area contributed by atoms with Crippen LogP contribution < -0.4 is 0 Å². The summed E-state index contributed by atoms with van der Waals surface area (Å²) in [5.74, 6) is -0.0388. The zero-order valence-corrected chi connectivity index (χ0v) is 15.6. The highest BCUT2D eigenvalue weighted by atomic mass is 35.5. The van der Waals surface area contributed by atoms with Gasteiger partial charge in [-0.25, -0.2) is 0 Å². The second-order valence-electron chi connectivity index (χ2n) is 6.29. The van der Waals surface area contributed by atoms with Crippen molar-refractivity contribution in [2.24, 2.45) is 0 Å². The maximum atomic E-state index is 12.6. The first-order valence-corrected chi connectivity index (χ1v) is 8.35. The van der Waals surface area contributed by atoms with Crippen molar-refractivity contribution >= 4 is 29.1 Å². The van der Waals surface area contributed by atoms with Gasteiger partial charge in [0.15, 0.2) is 0 Å². The Bertz CT molecular complexity index is 519. The zero-order valence-electron chi connectivity index (χ0n) is 14.1. The van der Waals surface area contributed by atoms with Gasteiger partial charge in [0.1, 0.15) is 0 Å². The molecule has 0 spiro atoms. The number of unbranched alkanes of at least 4 members (excludes halogenated alkanes) is 1. The number of benzene rings is 1. The average Bonchev–Trinajstić information content (AvgIpc) is 2.47. The lowest BCUT2D eigenvalue weighted by Crippen LogP contribution is -2.51. The smallest absolute Gasteiger partial charge is 0.253 e. The molecule has 0 fully saturated rings. The van der Waals surface area contributed by atoms with E-state index in [1.165, 1.54) is 0 Å². The van der Waals surface area contributed by atoms with Crippen molar-refractivity contribution in [3.05, 3.63) is 33.8 Å². The maximum absolute atomic E-state index is 12.6. The van der Waals surface area contributed by atoms with Crippen molar-refractivity contribution in [2.45, 2.75) is 38.6 Å². The molecule has 1 aromatic rings. The summed E-state index contributed by atoms with van der Waals surface area (Å²) in [6.45, 7) is 5.04. The van der Waals surface area contributed by atoms with Crippen LogP contribution >= 0.6 is 23.2 Å². The molecule has 0 aliphatic rings. The highest BCUT2D eigenvalue weighted by Gasteiger charge is 2.29. The lowest BCUT2D eigenvalue weighted by atomic mass is 9.92. The van der Waals surface area contributed by atoms with Crippen LogP contribution in [0.25, 0.3) is 0 Å². The molecule has 0 aliphatic heterocycles. The molecule has 1 aromatic carbocycles. The van der Waals surface area contributed by atoms with E-state index in [-0.39, 0.29) is 11.4 Å². The molecule has 22 heavy (non-hydrogen) atoms. The number of nitrogens with zero attached hydrogens (tertiary/aromatic N) is 2. The number of carbonyl (C=O) groups is 1. The van der Waals surface area contributed by atoms with Crippen molar-refractivity contribution in [3.8, 4) is 0 Å². The summed E-state index contributed by atoms with van der Waals surface area (Å²) in [6, 6.07) is 5.00. The molecule has 0 bridgehead atoms. The minimum atomic E-state index is -0.0450. The van der Waals surface area contributed by atoms with Crippen LogP contribution in [0.2, 0.25) is 10.0 Å². The van der Waals surface area contributed by atoms with E-state index in [2.05, 4.69) is 32.8 Å². The number of hydrogen-bond donors (Lipinski definition) is 0. The largest absolute Gasteiger partial charge is 0.340 e. The Balaban J connectivity index is 2.86. The minimum absolute atomic E-state index is 0.0388. The zero-order chi connectivity index (χ0) is 16.9. The standard InChI is InChI=1S/C17H26Cl2N2O/c1-6-7-10-17(2,20(3)4)12-21(5)16(22)13-8-9-14(18)15(19)11-13/h8-9,11H,6-7,10,12H2,1-5H3. The molecule has 0 aliphatic carbocycles. The summed E-state index contributed by atoms with van der Waals surface area (Å²) in [7, 11) is 5.96. The Morgan fingerprint density at radius 2 is 1.82 bits per heavy atom. The Labute approximate surface area is 144 Å². The molecule has 124 valence electrons. The molecule has 1 unspecified atom stereocenters. The highest BCUT2D eigenvalue weighted by molar-refractivity contribution is 6.42. The molecule has 0 saturated carbocycles. The van der Waals surface area contributed by atoms with Crippen LogP contribution in [0.1, 0.15) is 43.5 Å². The number of halogens is 2. The van der Waals surface area contributed by atoms with Gasteiger partial charge in [-0.1, -0.05) is 43.0 Å². The third kappa shape index (κ3) is 4.87. The van der Waals surface area contributed by atoms with Gasteiger partial charge in [0, 0.05) is 24.7 Å². The van der Waals surface area contributed by atoms with E-state index in [9.17, 15) is 4.79 Å². The summed E-state index contributed by atoms with van der Waals surface area (Å²) in [4.78, 5) is 16.5. The van der Waals surface area contributed by atoms with Crippen LogP contribution in [0.5, 0.6) is 0 Å². The lowest BCUT2D eigenvalue weighted by molar-refractivity contribution is 0.0634. The first kappa shape index (κ1) is 19.3. The van der Waals surface area contributed by atoms with E-state index in [1.54, 1.807) is 23.1 Å². The van der Waals surface area contributed by atoms with Crippen LogP contribution in [-0.2, 0) is 0 Å². The minimum Gasteiger partial charge on any atom is -0.340 e. The average molecular weight is 345 g/mol. The predicted octanol–water partition coefficient (Wildman–Crippen LogP) is 4.58. The van der Waals surface area contributed by atoms with E-state index in [0.717, 1.165) is 19.3 Å². The Kier molecular flexibility index (Phi) is 7.17. The van der Waals surface area contributed by atoms with Gasteiger partial charge >= 0.3 is 0 Å². The molecule has 3 nitrogen and oxygen atoms in total. The van der Waals surface area contributed by atoms with Gasteiger partial charge in [-0.15, -0.1) is 0 Å². The third-order valence-electron chi connectivity index (χ3n) is 4.24. The number of hydrogen-bond acceptors (Lipinski definition) is 2. The van der Waals surface area contributed by atoms with Crippen LogP contribution in [0, 0.1) is 0 Å². The van der Waals surface area contributed by atoms with Gasteiger partial charge in [0.25, 0.3) is 5.91 Å². The van der Waals surface area contributed by atoms with E-state index in [4.69, 9.17) is 23.2 Å². The molecule has 0 saturated heterocycles. The molecule has 1 amide bonds. The third-order valence-corrected chi connectivity index (χ3v) is 4.98. The normalized spacial score (nSPS) is 14.0. The molecule has 1 rings (SSSR count). The number of carbonyl (C=O) groups excluding carboxylic acids is 1. The molecule has 5 heteroatoms. The molecule has 0 N–H and O–H groups in total. The maximum Gasteiger partial charge on any atom is 0.253 e. The van der Waals surface area contributed by atoms with Gasteiger partial charge in [0.05, 0.1) is 10.0 Å². The summed E-state index contributed by atoms with van der Waals surface area (Å²) in [6.07, 6.45) is 3.34. The monoisotopic (exact) mass is 344 g/mol. The van der Waals surface area contributed by atoms with Crippen molar-refractivity contribution in [1.29, 1.82) is 0 Å². The Hall–Kier alpha value is -0.770. The van der Waals surface area contributed by atoms with Gasteiger partial charge < -0.3 is 9.80 Å². The SMILES string of the molecule is CCCCC(C)(CN(C)C(=O)c1ccc(Cl)c(Cl)c1)N(C)C. The molecule has 0 heterocycles. The second kappa shape index (κ2) is 8.19. The topological polar surface area (TPSA) is 23.6 Å². The van der Waals surface area contributed by atoms with Crippen molar-refractivity contribution in [2.75, 3.05) is 27.7 Å². The van der Waals surface area contributed by atoms with E-state index in [0.29, 0.717) is 22.2 Å². The highest BCUT2D eigenvalue weighted by Crippen LogP contribution is 2.25. The van der Waals surface area contributed by atoms with E-state index < -0.39 is 0 Å². The summed E-state index contributed by atoms with van der Waals surface area (Å²) < 4.78 is 0. The lowest BCUT2D eigenvalue weighted by Gasteiger charge is -2.39. The van der Waals surface area contributed by atoms with Crippen LogP contribution in [-0.4, -0.2) is 48.9 Å². The van der Waals surface area contributed by atoms with Crippen molar-refractivity contribution < 1.29 is 4.79 Å². The van der Waals surface area contributed by atoms with Gasteiger partial charge in [-0.3, -0.25) is 4.79 Å². The van der Waals surface area contributed by atoms with Crippen molar-refractivity contribution in [1.82, 2.24) is 9.80 Å².